The van der Waals surface area contributed by atoms with Crippen LogP contribution in [0.1, 0.15) is 5.69 Å². The Bertz CT molecular complexity index is 1310. The van der Waals surface area contributed by atoms with Crippen molar-refractivity contribution in [2.75, 3.05) is 45.9 Å². The zero-order chi connectivity index (χ0) is 23.4. The summed E-state index contributed by atoms with van der Waals surface area (Å²) in [6.45, 7) is 4.61. The van der Waals surface area contributed by atoms with E-state index in [0.717, 1.165) is 35.0 Å². The molecule has 3 heterocycles. The van der Waals surface area contributed by atoms with Crippen molar-refractivity contribution in [2.45, 2.75) is 11.3 Å². The van der Waals surface area contributed by atoms with E-state index >= 15 is 0 Å². The fourth-order valence-corrected chi connectivity index (χ4v) is 6.53. The molecule has 0 spiro atoms. The molecule has 4 aromatic rings. The molecule has 0 N–H and O–H groups in total. The molecule has 1 aliphatic heterocycles. The van der Waals surface area contributed by atoms with Crippen LogP contribution in [0.25, 0.3) is 16.2 Å². The largest absolute Gasteiger partial charge is 0.379 e. The van der Waals surface area contributed by atoms with Gasteiger partial charge in [0.2, 0.25) is 10.0 Å². The van der Waals surface area contributed by atoms with Crippen molar-refractivity contribution in [1.29, 1.82) is 0 Å². The van der Waals surface area contributed by atoms with E-state index in [9.17, 15) is 8.42 Å². The van der Waals surface area contributed by atoms with E-state index in [1.807, 2.05) is 42.6 Å². The van der Waals surface area contributed by atoms with Gasteiger partial charge >= 0.3 is 0 Å². The SMILES string of the molecule is O=S(=O)(c1ccccc1)N(CCc1csc2nc(-c3ccccc3)cn12)CCN1CCOCC1. The predicted octanol–water partition coefficient (Wildman–Crippen LogP) is 3.63. The first-order valence-electron chi connectivity index (χ1n) is 11.5. The van der Waals surface area contributed by atoms with Crippen LogP contribution >= 0.6 is 11.3 Å². The normalized spacial score (nSPS) is 15.3. The lowest BCUT2D eigenvalue weighted by atomic mass is 10.2. The van der Waals surface area contributed by atoms with Crippen molar-refractivity contribution in [3.63, 3.8) is 0 Å². The molecular weight excluding hydrogens is 468 g/mol. The molecule has 9 heteroatoms. The number of hydrogen-bond donors (Lipinski definition) is 0. The summed E-state index contributed by atoms with van der Waals surface area (Å²) in [5.74, 6) is 0. The average Bonchev–Trinajstić information content (AvgIpc) is 3.47. The number of fused-ring (bicyclic) bond motifs is 1. The number of sulfonamides is 1. The van der Waals surface area contributed by atoms with Crippen molar-refractivity contribution < 1.29 is 13.2 Å². The minimum absolute atomic E-state index is 0.335. The Balaban J connectivity index is 1.35. The second-order valence-electron chi connectivity index (χ2n) is 8.29. The third-order valence-corrected chi connectivity index (χ3v) is 8.92. The maximum atomic E-state index is 13.5. The van der Waals surface area contributed by atoms with Gasteiger partial charge in [-0.25, -0.2) is 13.4 Å². The van der Waals surface area contributed by atoms with Gasteiger partial charge in [-0.1, -0.05) is 48.5 Å². The summed E-state index contributed by atoms with van der Waals surface area (Å²) >= 11 is 1.58. The molecule has 7 nitrogen and oxygen atoms in total. The molecule has 0 amide bonds. The Morgan fingerprint density at radius 1 is 0.971 bits per heavy atom. The topological polar surface area (TPSA) is 67.2 Å². The molecule has 0 radical (unpaired) electrons. The van der Waals surface area contributed by atoms with E-state index in [1.165, 1.54) is 0 Å². The first-order valence-corrected chi connectivity index (χ1v) is 13.8. The lowest BCUT2D eigenvalue weighted by Crippen LogP contribution is -2.43. The minimum atomic E-state index is -3.59. The second-order valence-corrected chi connectivity index (χ2v) is 11.1. The standard InChI is InChI=1S/C25H28N4O3S2/c30-34(31,23-9-5-2-6-10-23)28(14-13-27-15-17-32-18-16-27)12-11-22-20-33-25-26-24(19-29(22)25)21-7-3-1-4-8-21/h1-10,19-20H,11-18H2. The summed E-state index contributed by atoms with van der Waals surface area (Å²) < 4.78 is 36.1. The summed E-state index contributed by atoms with van der Waals surface area (Å²) in [5.41, 5.74) is 3.06. The fourth-order valence-electron chi connectivity index (χ4n) is 4.17. The highest BCUT2D eigenvalue weighted by molar-refractivity contribution is 7.89. The summed E-state index contributed by atoms with van der Waals surface area (Å²) in [4.78, 5) is 8.27. The van der Waals surface area contributed by atoms with E-state index in [0.29, 0.717) is 44.2 Å². The van der Waals surface area contributed by atoms with Crippen LogP contribution < -0.4 is 0 Å². The summed E-state index contributed by atoms with van der Waals surface area (Å²) in [6, 6.07) is 18.8. The smallest absolute Gasteiger partial charge is 0.243 e. The third-order valence-electron chi connectivity index (χ3n) is 6.12. The van der Waals surface area contributed by atoms with Crippen molar-refractivity contribution in [1.82, 2.24) is 18.6 Å². The van der Waals surface area contributed by atoms with Gasteiger partial charge in [-0.15, -0.1) is 11.3 Å². The number of aromatic nitrogens is 2. The molecule has 2 aromatic heterocycles. The van der Waals surface area contributed by atoms with E-state index in [2.05, 4.69) is 14.7 Å². The molecular formula is C25H28N4O3S2. The van der Waals surface area contributed by atoms with Crippen LogP contribution in [0.5, 0.6) is 0 Å². The quantitative estimate of drug-likeness (QED) is 0.354. The van der Waals surface area contributed by atoms with Gasteiger partial charge in [0.15, 0.2) is 4.96 Å². The Morgan fingerprint density at radius 3 is 2.41 bits per heavy atom. The van der Waals surface area contributed by atoms with E-state index < -0.39 is 10.0 Å². The molecule has 1 fully saturated rings. The van der Waals surface area contributed by atoms with Crippen LogP contribution in [0, 0.1) is 0 Å². The van der Waals surface area contributed by atoms with Crippen molar-refractivity contribution >= 4 is 26.3 Å². The highest BCUT2D eigenvalue weighted by Gasteiger charge is 2.25. The third kappa shape index (κ3) is 5.08. The first kappa shape index (κ1) is 23.2. The second kappa shape index (κ2) is 10.4. The molecule has 0 aliphatic carbocycles. The van der Waals surface area contributed by atoms with E-state index in [-0.39, 0.29) is 0 Å². The van der Waals surface area contributed by atoms with Gasteiger partial charge in [-0.05, 0) is 12.1 Å². The molecule has 5 rings (SSSR count). The maximum Gasteiger partial charge on any atom is 0.243 e. The summed E-state index contributed by atoms with van der Waals surface area (Å²) in [6.07, 6.45) is 2.65. The van der Waals surface area contributed by atoms with Crippen LogP contribution in [0.2, 0.25) is 0 Å². The minimum Gasteiger partial charge on any atom is -0.379 e. The van der Waals surface area contributed by atoms with Crippen molar-refractivity contribution in [2.24, 2.45) is 0 Å². The van der Waals surface area contributed by atoms with E-state index in [1.54, 1.807) is 39.9 Å². The van der Waals surface area contributed by atoms with Gasteiger partial charge in [0.1, 0.15) is 0 Å². The number of thiazole rings is 1. The van der Waals surface area contributed by atoms with Crippen molar-refractivity contribution in [3.8, 4) is 11.3 Å². The van der Waals surface area contributed by atoms with Crippen LogP contribution in [0.15, 0.2) is 77.1 Å². The van der Waals surface area contributed by atoms with Crippen LogP contribution in [-0.2, 0) is 21.2 Å². The zero-order valence-electron chi connectivity index (χ0n) is 18.9. The zero-order valence-corrected chi connectivity index (χ0v) is 20.5. The van der Waals surface area contributed by atoms with Gasteiger partial charge in [0.05, 0.1) is 23.8 Å². The van der Waals surface area contributed by atoms with E-state index in [4.69, 9.17) is 9.72 Å². The lowest BCUT2D eigenvalue weighted by molar-refractivity contribution is 0.0363. The number of nitrogens with zero attached hydrogens (tertiary/aromatic N) is 4. The average molecular weight is 497 g/mol. The summed E-state index contributed by atoms with van der Waals surface area (Å²) in [7, 11) is -3.59. The number of ether oxygens (including phenoxy) is 1. The van der Waals surface area contributed by atoms with Crippen LogP contribution in [0.4, 0.5) is 0 Å². The van der Waals surface area contributed by atoms with Crippen LogP contribution in [0.3, 0.4) is 0 Å². The molecule has 178 valence electrons. The highest BCUT2D eigenvalue weighted by atomic mass is 32.2. The Kier molecular flexibility index (Phi) is 7.07. The first-order chi connectivity index (χ1) is 16.6. The number of imidazole rings is 1. The van der Waals surface area contributed by atoms with Gasteiger partial charge < -0.3 is 4.74 Å². The highest BCUT2D eigenvalue weighted by Crippen LogP contribution is 2.24. The molecule has 0 saturated carbocycles. The molecule has 0 unspecified atom stereocenters. The monoisotopic (exact) mass is 496 g/mol. The molecule has 1 aliphatic rings. The van der Waals surface area contributed by atoms with Gasteiger partial charge in [-0.3, -0.25) is 9.30 Å². The molecule has 0 bridgehead atoms. The summed E-state index contributed by atoms with van der Waals surface area (Å²) in [5, 5.41) is 2.08. The van der Waals surface area contributed by atoms with Gasteiger partial charge in [-0.2, -0.15) is 4.31 Å². The Labute approximate surface area is 204 Å². The Morgan fingerprint density at radius 2 is 1.68 bits per heavy atom. The van der Waals surface area contributed by atoms with Crippen LogP contribution in [-0.4, -0.2) is 72.9 Å². The van der Waals surface area contributed by atoms with Gasteiger partial charge in [0.25, 0.3) is 0 Å². The molecule has 1 saturated heterocycles. The number of benzene rings is 2. The molecule has 34 heavy (non-hydrogen) atoms. The number of hydrogen-bond acceptors (Lipinski definition) is 6. The fraction of sp³-hybridized carbons (Fsp3) is 0.320. The van der Waals surface area contributed by atoms with Gasteiger partial charge in [0, 0.05) is 62.0 Å². The molecule has 2 aromatic carbocycles. The lowest BCUT2D eigenvalue weighted by Gasteiger charge is -2.29. The number of rotatable bonds is 9. The predicted molar refractivity (Wildman–Crippen MR) is 135 cm³/mol. The molecule has 0 atom stereocenters. The Hall–Kier alpha value is -2.56. The maximum absolute atomic E-state index is 13.5. The van der Waals surface area contributed by atoms with Crippen molar-refractivity contribution in [3.05, 3.63) is 77.9 Å². The number of morpholine rings is 1.